The first kappa shape index (κ1) is 11.3. The van der Waals surface area contributed by atoms with Crippen molar-refractivity contribution in [2.45, 2.75) is 27.7 Å². The molecule has 4 heteroatoms. The van der Waals surface area contributed by atoms with Crippen LogP contribution in [0.5, 0.6) is 0 Å². The Morgan fingerprint density at radius 3 is 2.38 bits per heavy atom. The van der Waals surface area contributed by atoms with Crippen LogP contribution in [-0.4, -0.2) is 16.5 Å². The summed E-state index contributed by atoms with van der Waals surface area (Å²) in [5, 5.41) is 3.17. The third kappa shape index (κ3) is 1.66. The van der Waals surface area contributed by atoms with Crippen LogP contribution in [0.3, 0.4) is 0 Å². The molecule has 1 aliphatic rings. The second-order valence-electron chi connectivity index (χ2n) is 5.60. The summed E-state index contributed by atoms with van der Waals surface area (Å²) in [7, 11) is 0. The summed E-state index contributed by atoms with van der Waals surface area (Å²) in [5.74, 6) is 0.663. The van der Waals surface area contributed by atoms with Crippen molar-refractivity contribution in [2.24, 2.45) is 16.7 Å². The third-order valence-electron chi connectivity index (χ3n) is 4.44. The predicted octanol–water partition coefficient (Wildman–Crippen LogP) is 2.71. The molecule has 0 bridgehead atoms. The summed E-state index contributed by atoms with van der Waals surface area (Å²) >= 11 is 0. The Bertz CT molecular complexity index is 387. The first-order valence-corrected chi connectivity index (χ1v) is 5.57. The number of hydrogen-bond acceptors (Lipinski definition) is 3. The summed E-state index contributed by atoms with van der Waals surface area (Å²) in [6.07, 6.45) is 1.24. The largest absolute Gasteiger partial charge is 0.370 e. The quantitative estimate of drug-likeness (QED) is 0.801. The topological polar surface area (TPSA) is 37.8 Å². The average Bonchev–Trinajstić information content (AvgIpc) is 2.55. The van der Waals surface area contributed by atoms with Crippen LogP contribution < -0.4 is 5.32 Å². The molecule has 1 saturated carbocycles. The highest BCUT2D eigenvalue weighted by Crippen LogP contribution is 2.68. The molecule has 3 nitrogen and oxygen atoms in total. The fourth-order valence-corrected chi connectivity index (χ4v) is 2.48. The van der Waals surface area contributed by atoms with E-state index in [-0.39, 0.29) is 0 Å². The zero-order valence-electron chi connectivity index (χ0n) is 10.2. The zero-order chi connectivity index (χ0) is 12.0. The van der Waals surface area contributed by atoms with Gasteiger partial charge in [-0.2, -0.15) is 4.39 Å². The highest BCUT2D eigenvalue weighted by atomic mass is 19.1. The van der Waals surface area contributed by atoms with E-state index in [2.05, 4.69) is 43.0 Å². The van der Waals surface area contributed by atoms with Crippen LogP contribution in [0.15, 0.2) is 12.4 Å². The van der Waals surface area contributed by atoms with Gasteiger partial charge >= 0.3 is 0 Å². The van der Waals surface area contributed by atoms with Gasteiger partial charge in [-0.25, -0.2) is 9.97 Å². The molecule has 1 aromatic heterocycles. The van der Waals surface area contributed by atoms with Crippen LogP contribution in [0, 0.1) is 22.7 Å². The lowest BCUT2D eigenvalue weighted by Crippen LogP contribution is -2.09. The molecule has 2 rings (SSSR count). The van der Waals surface area contributed by atoms with Crippen LogP contribution in [0.4, 0.5) is 10.2 Å². The maximum Gasteiger partial charge on any atom is 0.217 e. The van der Waals surface area contributed by atoms with Crippen molar-refractivity contribution in [3.8, 4) is 0 Å². The van der Waals surface area contributed by atoms with Gasteiger partial charge < -0.3 is 5.32 Å². The molecule has 0 amide bonds. The number of aromatic nitrogens is 2. The van der Waals surface area contributed by atoms with E-state index in [0.717, 1.165) is 6.54 Å². The molecule has 16 heavy (non-hydrogen) atoms. The summed E-state index contributed by atoms with van der Waals surface area (Å²) in [6.45, 7) is 9.89. The Hall–Kier alpha value is -1.19. The van der Waals surface area contributed by atoms with Crippen molar-refractivity contribution in [2.75, 3.05) is 11.9 Å². The second kappa shape index (κ2) is 3.40. The van der Waals surface area contributed by atoms with Gasteiger partial charge in [-0.15, -0.1) is 0 Å². The van der Waals surface area contributed by atoms with Gasteiger partial charge in [-0.3, -0.25) is 0 Å². The van der Waals surface area contributed by atoms with Crippen molar-refractivity contribution in [1.82, 2.24) is 9.97 Å². The van der Waals surface area contributed by atoms with Crippen molar-refractivity contribution < 1.29 is 4.39 Å². The van der Waals surface area contributed by atoms with E-state index in [1.807, 2.05) is 0 Å². The van der Waals surface area contributed by atoms with E-state index in [1.54, 1.807) is 0 Å². The molecule has 0 saturated heterocycles. The average molecular weight is 223 g/mol. The van der Waals surface area contributed by atoms with Gasteiger partial charge in [0, 0.05) is 12.6 Å². The molecule has 1 heterocycles. The van der Waals surface area contributed by atoms with E-state index >= 15 is 0 Å². The lowest BCUT2D eigenvalue weighted by Gasteiger charge is -2.06. The lowest BCUT2D eigenvalue weighted by atomic mass is 10.0. The maximum atomic E-state index is 12.8. The molecule has 0 aromatic carbocycles. The van der Waals surface area contributed by atoms with Gasteiger partial charge in [0.1, 0.15) is 12.1 Å². The SMILES string of the molecule is CC1(C)C(CNc2cc(F)ncn2)C1(C)C. The van der Waals surface area contributed by atoms with Crippen molar-refractivity contribution in [3.63, 3.8) is 0 Å². The number of halogens is 1. The van der Waals surface area contributed by atoms with Crippen molar-refractivity contribution in [3.05, 3.63) is 18.3 Å². The lowest BCUT2D eigenvalue weighted by molar-refractivity contribution is 0.457. The third-order valence-corrected chi connectivity index (χ3v) is 4.44. The number of nitrogens with one attached hydrogen (secondary N) is 1. The van der Waals surface area contributed by atoms with Gasteiger partial charge in [0.05, 0.1) is 0 Å². The first-order chi connectivity index (χ1) is 7.35. The number of nitrogens with zero attached hydrogens (tertiary/aromatic N) is 2. The summed E-state index contributed by atoms with van der Waals surface area (Å²) < 4.78 is 12.8. The molecule has 1 N–H and O–H groups in total. The fourth-order valence-electron chi connectivity index (χ4n) is 2.48. The smallest absolute Gasteiger partial charge is 0.217 e. The van der Waals surface area contributed by atoms with E-state index in [9.17, 15) is 4.39 Å². The highest BCUT2D eigenvalue weighted by Gasteiger charge is 2.64. The Labute approximate surface area is 95.5 Å². The van der Waals surface area contributed by atoms with Crippen molar-refractivity contribution in [1.29, 1.82) is 0 Å². The molecule has 1 fully saturated rings. The van der Waals surface area contributed by atoms with Crippen molar-refractivity contribution >= 4 is 5.82 Å². The van der Waals surface area contributed by atoms with Crippen LogP contribution >= 0.6 is 0 Å². The summed E-state index contributed by atoms with van der Waals surface area (Å²) in [4.78, 5) is 7.39. The van der Waals surface area contributed by atoms with Crippen LogP contribution in [-0.2, 0) is 0 Å². The highest BCUT2D eigenvalue weighted by molar-refractivity contribution is 5.33. The van der Waals surface area contributed by atoms with Gasteiger partial charge in [0.2, 0.25) is 5.95 Å². The molecule has 0 unspecified atom stereocenters. The minimum absolute atomic E-state index is 0.339. The fraction of sp³-hybridized carbons (Fsp3) is 0.667. The van der Waals surface area contributed by atoms with E-state index in [4.69, 9.17) is 0 Å². The van der Waals surface area contributed by atoms with E-state index in [0.29, 0.717) is 22.6 Å². The molecule has 1 aromatic rings. The zero-order valence-corrected chi connectivity index (χ0v) is 10.2. The first-order valence-electron chi connectivity index (χ1n) is 5.57. The molecular formula is C12H18FN3. The predicted molar refractivity (Wildman–Crippen MR) is 61.5 cm³/mol. The number of anilines is 1. The summed E-state index contributed by atoms with van der Waals surface area (Å²) in [5.41, 5.74) is 0.678. The standard InChI is InChI=1S/C12H18FN3/c1-11(2)8(12(11,3)4)6-14-10-5-9(13)15-7-16-10/h5,7-8H,6H2,1-4H3,(H,14,15,16). The van der Waals surface area contributed by atoms with Gasteiger partial charge in [-0.05, 0) is 16.7 Å². The summed E-state index contributed by atoms with van der Waals surface area (Å²) in [6, 6.07) is 1.32. The second-order valence-corrected chi connectivity index (χ2v) is 5.60. The van der Waals surface area contributed by atoms with Gasteiger partial charge in [0.25, 0.3) is 0 Å². The molecule has 1 aliphatic carbocycles. The Balaban J connectivity index is 1.95. The molecule has 88 valence electrons. The molecule has 0 atom stereocenters. The Kier molecular flexibility index (Phi) is 2.40. The normalized spacial score (nSPS) is 21.8. The van der Waals surface area contributed by atoms with Gasteiger partial charge in [-0.1, -0.05) is 27.7 Å². The Morgan fingerprint density at radius 2 is 1.88 bits per heavy atom. The molecule has 0 radical (unpaired) electrons. The van der Waals surface area contributed by atoms with Gasteiger partial charge in [0.15, 0.2) is 0 Å². The maximum absolute atomic E-state index is 12.8. The van der Waals surface area contributed by atoms with E-state index in [1.165, 1.54) is 12.4 Å². The Morgan fingerprint density at radius 1 is 1.25 bits per heavy atom. The van der Waals surface area contributed by atoms with E-state index < -0.39 is 5.95 Å². The monoisotopic (exact) mass is 223 g/mol. The molecular weight excluding hydrogens is 205 g/mol. The van der Waals surface area contributed by atoms with Crippen LogP contribution in [0.2, 0.25) is 0 Å². The minimum Gasteiger partial charge on any atom is -0.370 e. The minimum atomic E-state index is -0.494. The molecule has 0 spiro atoms. The van der Waals surface area contributed by atoms with Crippen LogP contribution in [0.1, 0.15) is 27.7 Å². The molecule has 0 aliphatic heterocycles. The van der Waals surface area contributed by atoms with Crippen LogP contribution in [0.25, 0.3) is 0 Å². The number of hydrogen-bond donors (Lipinski definition) is 1. The number of rotatable bonds is 3.